The second-order valence-corrected chi connectivity index (χ2v) is 19.0. The summed E-state index contributed by atoms with van der Waals surface area (Å²) in [6.45, 7) is 8.91. The van der Waals surface area contributed by atoms with E-state index in [1.165, 1.54) is 33.4 Å². The minimum Gasteiger partial charge on any atom is -0.444 e. The molecule has 2 aliphatic heterocycles. The number of aliphatic hydroxyl groups excluding tert-OH is 3. The third-order valence-corrected chi connectivity index (χ3v) is 13.2. The van der Waals surface area contributed by atoms with Gasteiger partial charge in [-0.1, -0.05) is 108 Å². The lowest BCUT2D eigenvalue weighted by molar-refractivity contribution is -0.137. The second-order valence-electron chi connectivity index (χ2n) is 19.0. The average Bonchev–Trinajstić information content (AvgIpc) is 3.60. The van der Waals surface area contributed by atoms with Gasteiger partial charge in [-0.2, -0.15) is 0 Å². The molecule has 0 radical (unpaired) electrons. The number of hydrogen-bond acceptors (Lipinski definition) is 9. The average molecular weight is 921 g/mol. The molecule has 2 saturated heterocycles. The Kier molecular flexibility index (Phi) is 15.2. The third-order valence-electron chi connectivity index (χ3n) is 13.2. The molecule has 8 rings (SSSR count). The number of carbonyl (C=O) groups excluding carboxylic acids is 3. The number of hydrogen-bond donors (Lipinski definition) is 5. The van der Waals surface area contributed by atoms with Crippen molar-refractivity contribution < 1.29 is 39.2 Å². The first-order valence-electron chi connectivity index (χ1n) is 23.9. The number of rotatable bonds is 12. The highest BCUT2D eigenvalue weighted by molar-refractivity contribution is 5.98. The van der Waals surface area contributed by atoms with E-state index in [-0.39, 0.29) is 37.9 Å². The van der Waals surface area contributed by atoms with Crippen LogP contribution in [0.15, 0.2) is 96.1 Å². The molecule has 4 aromatic rings. The van der Waals surface area contributed by atoms with Crippen LogP contribution in [0.2, 0.25) is 0 Å². The Morgan fingerprint density at radius 3 is 1.49 bits per heavy atom. The van der Waals surface area contributed by atoms with Crippen LogP contribution in [0.4, 0.5) is 4.79 Å². The Labute approximate surface area is 399 Å². The van der Waals surface area contributed by atoms with Crippen molar-refractivity contribution in [1.82, 2.24) is 20.4 Å². The Bertz CT molecular complexity index is 2640. The van der Waals surface area contributed by atoms with Crippen molar-refractivity contribution in [2.45, 2.75) is 90.3 Å². The molecular formula is C56H64N4O8. The first kappa shape index (κ1) is 48.3. The van der Waals surface area contributed by atoms with E-state index in [9.17, 15) is 29.7 Å². The Hall–Kier alpha value is -6.15. The fourth-order valence-electron chi connectivity index (χ4n) is 9.82. The molecule has 68 heavy (non-hydrogen) atoms. The quantitative estimate of drug-likeness (QED) is 0.0765. The molecule has 0 spiro atoms. The smallest absolute Gasteiger partial charge is 0.407 e. The van der Waals surface area contributed by atoms with Gasteiger partial charge < -0.3 is 39.9 Å². The van der Waals surface area contributed by atoms with E-state index >= 15 is 0 Å². The highest BCUT2D eigenvalue weighted by Gasteiger charge is 2.30. The van der Waals surface area contributed by atoms with Gasteiger partial charge in [0.15, 0.2) is 0 Å². The van der Waals surface area contributed by atoms with Crippen LogP contribution in [0.3, 0.4) is 0 Å². The van der Waals surface area contributed by atoms with Crippen LogP contribution < -0.4 is 10.6 Å². The number of alkyl carbamates (subject to hydrolysis) is 1. The normalized spacial score (nSPS) is 17.0. The van der Waals surface area contributed by atoms with Crippen LogP contribution in [-0.2, 0) is 19.1 Å². The van der Waals surface area contributed by atoms with Gasteiger partial charge in [-0.15, -0.1) is 0 Å². The first-order chi connectivity index (χ1) is 32.8. The van der Waals surface area contributed by atoms with Crippen molar-refractivity contribution >= 4 is 53.4 Å². The lowest BCUT2D eigenvalue weighted by atomic mass is 9.84. The molecule has 4 aromatic carbocycles. The van der Waals surface area contributed by atoms with Crippen molar-refractivity contribution in [3.8, 4) is 11.1 Å². The van der Waals surface area contributed by atoms with E-state index in [2.05, 4.69) is 120 Å². The number of amides is 3. The van der Waals surface area contributed by atoms with Gasteiger partial charge in [0.25, 0.3) is 0 Å². The molecule has 2 fully saturated rings. The molecule has 12 heteroatoms. The second kappa shape index (κ2) is 21.4. The molecule has 3 amide bonds. The van der Waals surface area contributed by atoms with Crippen LogP contribution in [0.1, 0.15) is 111 Å². The summed E-state index contributed by atoms with van der Waals surface area (Å²) in [7, 11) is 0. The fraction of sp³-hybridized carbons (Fsp3) is 0.375. The number of ether oxygens (including phenoxy) is 2. The zero-order valence-corrected chi connectivity index (χ0v) is 39.6. The van der Waals surface area contributed by atoms with E-state index in [0.717, 1.165) is 57.3 Å². The Morgan fingerprint density at radius 1 is 0.618 bits per heavy atom. The molecule has 12 nitrogen and oxygen atoms in total. The summed E-state index contributed by atoms with van der Waals surface area (Å²) in [6, 6.07) is 29.1. The zero-order valence-electron chi connectivity index (χ0n) is 39.6. The summed E-state index contributed by atoms with van der Waals surface area (Å²) in [5, 5.41) is 35.3. The Morgan fingerprint density at radius 2 is 1.04 bits per heavy atom. The predicted molar refractivity (Wildman–Crippen MR) is 267 cm³/mol. The van der Waals surface area contributed by atoms with Crippen molar-refractivity contribution in [2.75, 3.05) is 46.0 Å². The van der Waals surface area contributed by atoms with Gasteiger partial charge in [-0.05, 0) is 132 Å². The van der Waals surface area contributed by atoms with Gasteiger partial charge in [0, 0.05) is 51.7 Å². The molecule has 3 unspecified atom stereocenters. The number of fused-ring (bicyclic) bond motifs is 4. The number of nitrogens with one attached hydrogen (secondary N) is 2. The topological polar surface area (TPSA) is 161 Å². The van der Waals surface area contributed by atoms with E-state index in [1.54, 1.807) is 27.7 Å². The van der Waals surface area contributed by atoms with E-state index in [0.29, 0.717) is 45.6 Å². The van der Waals surface area contributed by atoms with Crippen LogP contribution in [-0.4, -0.2) is 113 Å². The number of piperidine rings is 2. The van der Waals surface area contributed by atoms with Gasteiger partial charge in [-0.25, -0.2) is 4.79 Å². The number of likely N-dealkylation sites (tertiary alicyclic amines) is 2. The van der Waals surface area contributed by atoms with Crippen LogP contribution in [0.5, 0.6) is 0 Å². The fourth-order valence-corrected chi connectivity index (χ4v) is 9.82. The van der Waals surface area contributed by atoms with E-state index in [1.807, 2.05) is 9.80 Å². The van der Waals surface area contributed by atoms with Gasteiger partial charge in [0.1, 0.15) is 5.60 Å². The zero-order chi connectivity index (χ0) is 48.0. The van der Waals surface area contributed by atoms with Gasteiger partial charge >= 0.3 is 6.09 Å². The molecule has 5 N–H and O–H groups in total. The molecule has 0 bridgehead atoms. The first-order valence-corrected chi connectivity index (χ1v) is 23.9. The largest absolute Gasteiger partial charge is 0.444 e. The van der Waals surface area contributed by atoms with Crippen LogP contribution >= 0.6 is 0 Å². The SMILES string of the molecule is CCOC(O)NC(CO)CC(=O)N1CCC(=C2c3ccccc3C=Cc3cc(-c4ccc5c(c4)C=Cc4ccccc4C5=C4CCN(C(=O)CC(CO)NC(=O)OC(C)(C)C)CC4)ccc32)CC1. The maximum absolute atomic E-state index is 13.5. The molecule has 356 valence electrons. The monoisotopic (exact) mass is 920 g/mol. The maximum Gasteiger partial charge on any atom is 0.407 e. The van der Waals surface area contributed by atoms with Gasteiger partial charge in [-0.3, -0.25) is 14.9 Å². The third kappa shape index (κ3) is 11.2. The van der Waals surface area contributed by atoms with Crippen LogP contribution in [0.25, 0.3) is 46.6 Å². The number of nitrogens with zero attached hydrogens (tertiary/aromatic N) is 2. The van der Waals surface area contributed by atoms with Gasteiger partial charge in [0.2, 0.25) is 18.2 Å². The molecule has 4 aliphatic rings. The lowest BCUT2D eigenvalue weighted by Gasteiger charge is -2.32. The standard InChI is InChI=1S/C56H64N4O8/c1-5-67-54(65)57-44(34-61)32-50(63)59-26-22-38(23-27-59)52-46-12-8-6-10-36(46)14-16-42-30-40(18-20-48(42)52)41-19-21-49-43(31-41)17-15-37-11-7-9-13-47(37)53(49)39-24-28-60(29-25-39)51(64)33-45(35-62)58-55(66)68-56(2,3)4/h6-21,30-31,44-45,54,57,61-62,65H,5,22-29,32-35H2,1-4H3,(H,58,66). The molecular weight excluding hydrogens is 857 g/mol. The minimum atomic E-state index is -1.25. The van der Waals surface area contributed by atoms with E-state index < -0.39 is 30.2 Å². The summed E-state index contributed by atoms with van der Waals surface area (Å²) in [6.07, 6.45) is 9.80. The molecule has 0 saturated carbocycles. The highest BCUT2D eigenvalue weighted by Crippen LogP contribution is 2.43. The summed E-state index contributed by atoms with van der Waals surface area (Å²) in [4.78, 5) is 42.9. The number of carbonyl (C=O) groups is 3. The van der Waals surface area contributed by atoms with Crippen LogP contribution in [0, 0.1) is 0 Å². The lowest BCUT2D eigenvalue weighted by Crippen LogP contribution is -2.46. The summed E-state index contributed by atoms with van der Waals surface area (Å²) in [5.41, 5.74) is 15.7. The Balaban J connectivity index is 1.03. The summed E-state index contributed by atoms with van der Waals surface area (Å²) >= 11 is 0. The van der Waals surface area contributed by atoms with E-state index in [4.69, 9.17) is 9.47 Å². The van der Waals surface area contributed by atoms with Crippen molar-refractivity contribution in [3.63, 3.8) is 0 Å². The molecule has 2 aliphatic carbocycles. The highest BCUT2D eigenvalue weighted by atomic mass is 16.6. The molecule has 0 aromatic heterocycles. The van der Waals surface area contributed by atoms with Crippen molar-refractivity contribution in [2.24, 2.45) is 0 Å². The van der Waals surface area contributed by atoms with Crippen molar-refractivity contribution in [3.05, 3.63) is 141 Å². The summed E-state index contributed by atoms with van der Waals surface area (Å²) in [5.74, 6) is -0.187. The number of benzene rings is 4. The molecule has 2 heterocycles. The maximum atomic E-state index is 13.5. The molecule has 3 atom stereocenters. The number of aliphatic hydroxyl groups is 3. The van der Waals surface area contributed by atoms with Gasteiger partial charge in [0.05, 0.1) is 19.3 Å². The predicted octanol–water partition coefficient (Wildman–Crippen LogP) is 8.10. The van der Waals surface area contributed by atoms with Crippen molar-refractivity contribution in [1.29, 1.82) is 0 Å². The summed E-state index contributed by atoms with van der Waals surface area (Å²) < 4.78 is 10.5. The minimum absolute atomic E-state index is 0.0136.